The van der Waals surface area contributed by atoms with Gasteiger partial charge in [-0.1, -0.05) is 12.6 Å². The molecule has 1 aromatic rings. The minimum absolute atomic E-state index is 0.162. The van der Waals surface area contributed by atoms with E-state index in [1.807, 2.05) is 17.5 Å². The van der Waals surface area contributed by atoms with Crippen LogP contribution in [0.2, 0.25) is 0 Å². The number of carbonyl (C=O) groups is 1. The molecule has 0 aromatic carbocycles. The van der Waals surface area contributed by atoms with Crippen LogP contribution < -0.4 is 11.2 Å². The van der Waals surface area contributed by atoms with Gasteiger partial charge in [-0.2, -0.15) is 0 Å². The summed E-state index contributed by atoms with van der Waals surface area (Å²) in [6.45, 7) is 3.55. The number of amides is 1. The Hall–Kier alpha value is -1.33. The highest BCUT2D eigenvalue weighted by molar-refractivity contribution is 7.11. The van der Waals surface area contributed by atoms with Crippen LogP contribution in [0.3, 0.4) is 0 Å². The molecule has 0 aliphatic rings. The third-order valence-corrected chi connectivity index (χ3v) is 2.16. The number of hydroxylamine groups is 1. The van der Waals surface area contributed by atoms with Crippen LogP contribution in [-0.4, -0.2) is 12.5 Å². The lowest BCUT2D eigenvalue weighted by molar-refractivity contribution is -0.124. The van der Waals surface area contributed by atoms with Gasteiger partial charge in [-0.25, -0.2) is 0 Å². The fraction of sp³-hybridized carbons (Fsp3) is 0.125. The van der Waals surface area contributed by atoms with Crippen LogP contribution >= 0.6 is 11.3 Å². The molecule has 0 aliphatic heterocycles. The number of rotatable bonds is 5. The van der Waals surface area contributed by atoms with E-state index in [2.05, 4.69) is 12.1 Å². The highest BCUT2D eigenvalue weighted by atomic mass is 32.1. The molecule has 3 N–H and O–H groups in total. The predicted octanol–water partition coefficient (Wildman–Crippen LogP) is 0.725. The second kappa shape index (κ2) is 4.64. The van der Waals surface area contributed by atoms with Crippen LogP contribution in [0.15, 0.2) is 24.1 Å². The van der Waals surface area contributed by atoms with Gasteiger partial charge in [0.25, 0.3) is 0 Å². The molecule has 4 nitrogen and oxygen atoms in total. The summed E-state index contributed by atoms with van der Waals surface area (Å²) in [4.78, 5) is 16.0. The number of carbonyl (C=O) groups excluding carboxylic acids is 1. The van der Waals surface area contributed by atoms with E-state index in [0.29, 0.717) is 5.70 Å². The minimum atomic E-state index is -0.522. The number of nitrogens with one attached hydrogen (secondary N) is 1. The second-order valence-electron chi connectivity index (χ2n) is 2.31. The first-order valence-electron chi connectivity index (χ1n) is 3.59. The molecule has 13 heavy (non-hydrogen) atoms. The number of hydrogen-bond donors (Lipinski definition) is 2. The molecular formula is C8H10N2O2S. The average molecular weight is 198 g/mol. The standard InChI is InChI=1S/C8H10N2O2S/c1-6(7-3-2-4-13-7)10-12-5-8(9)11/h2-4,10H,1,5H2,(H2,9,11). The third-order valence-electron chi connectivity index (χ3n) is 1.23. The maximum absolute atomic E-state index is 10.3. The largest absolute Gasteiger partial charge is 0.368 e. The minimum Gasteiger partial charge on any atom is -0.368 e. The van der Waals surface area contributed by atoms with Crippen molar-refractivity contribution in [2.45, 2.75) is 0 Å². The Kier molecular flexibility index (Phi) is 3.48. The second-order valence-corrected chi connectivity index (χ2v) is 3.26. The molecule has 1 aromatic heterocycles. The Morgan fingerprint density at radius 1 is 1.77 bits per heavy atom. The lowest BCUT2D eigenvalue weighted by Gasteiger charge is -2.05. The lowest BCUT2D eigenvalue weighted by atomic mass is 10.4. The summed E-state index contributed by atoms with van der Waals surface area (Å²) in [5.41, 5.74) is 8.02. The van der Waals surface area contributed by atoms with Crippen molar-refractivity contribution in [3.8, 4) is 0 Å². The quantitative estimate of drug-likeness (QED) is 0.685. The van der Waals surface area contributed by atoms with E-state index in [9.17, 15) is 4.79 Å². The summed E-state index contributed by atoms with van der Waals surface area (Å²) in [5, 5.41) is 1.93. The van der Waals surface area contributed by atoms with Crippen LogP contribution in [-0.2, 0) is 9.63 Å². The summed E-state index contributed by atoms with van der Waals surface area (Å²) >= 11 is 1.53. The molecule has 0 aliphatic carbocycles. The zero-order valence-electron chi connectivity index (χ0n) is 6.95. The smallest absolute Gasteiger partial charge is 0.246 e. The predicted molar refractivity (Wildman–Crippen MR) is 51.6 cm³/mol. The summed E-state index contributed by atoms with van der Waals surface area (Å²) < 4.78 is 0. The van der Waals surface area contributed by atoms with Crippen molar-refractivity contribution in [2.24, 2.45) is 5.73 Å². The third kappa shape index (κ3) is 3.27. The molecule has 0 bridgehead atoms. The number of hydrogen-bond acceptors (Lipinski definition) is 4. The van der Waals surface area contributed by atoms with Gasteiger partial charge in [-0.3, -0.25) is 15.1 Å². The van der Waals surface area contributed by atoms with E-state index in [1.54, 1.807) is 0 Å². The average Bonchev–Trinajstić information content (AvgIpc) is 2.55. The first kappa shape index (κ1) is 9.76. The molecule has 0 unspecified atom stereocenters. The van der Waals surface area contributed by atoms with Gasteiger partial charge in [-0.15, -0.1) is 11.3 Å². The van der Waals surface area contributed by atoms with Crippen LogP contribution in [0, 0.1) is 0 Å². The van der Waals surface area contributed by atoms with Crippen molar-refractivity contribution in [1.29, 1.82) is 0 Å². The van der Waals surface area contributed by atoms with E-state index in [-0.39, 0.29) is 6.61 Å². The molecule has 0 atom stereocenters. The van der Waals surface area contributed by atoms with Gasteiger partial charge < -0.3 is 5.73 Å². The van der Waals surface area contributed by atoms with Gasteiger partial charge in [0.2, 0.25) is 5.91 Å². The van der Waals surface area contributed by atoms with Crippen LogP contribution in [0.4, 0.5) is 0 Å². The molecule has 1 amide bonds. The molecule has 0 fully saturated rings. The normalized spacial score (nSPS) is 9.54. The maximum Gasteiger partial charge on any atom is 0.246 e. The summed E-state index contributed by atoms with van der Waals surface area (Å²) in [6.07, 6.45) is 0. The zero-order chi connectivity index (χ0) is 9.68. The summed E-state index contributed by atoms with van der Waals surface area (Å²) in [7, 11) is 0. The summed E-state index contributed by atoms with van der Waals surface area (Å²) in [5.74, 6) is -0.522. The van der Waals surface area contributed by atoms with Crippen LogP contribution in [0.5, 0.6) is 0 Å². The van der Waals surface area contributed by atoms with E-state index in [1.165, 1.54) is 11.3 Å². The highest BCUT2D eigenvalue weighted by Gasteiger charge is 1.99. The van der Waals surface area contributed by atoms with Gasteiger partial charge in [0.1, 0.15) is 0 Å². The number of thiophene rings is 1. The van der Waals surface area contributed by atoms with Crippen LogP contribution in [0.1, 0.15) is 4.88 Å². The monoisotopic (exact) mass is 198 g/mol. The van der Waals surface area contributed by atoms with Gasteiger partial charge in [-0.05, 0) is 11.4 Å². The summed E-state index contributed by atoms with van der Waals surface area (Å²) in [6, 6.07) is 3.80. The Morgan fingerprint density at radius 3 is 3.08 bits per heavy atom. The SMILES string of the molecule is C=C(NOCC(N)=O)c1cccs1. The topological polar surface area (TPSA) is 64.3 Å². The number of primary amides is 1. The molecule has 0 radical (unpaired) electrons. The maximum atomic E-state index is 10.3. The van der Waals surface area contributed by atoms with Gasteiger partial charge in [0, 0.05) is 0 Å². The van der Waals surface area contributed by atoms with Gasteiger partial charge in [0.15, 0.2) is 6.61 Å². The molecular weight excluding hydrogens is 188 g/mol. The Morgan fingerprint density at radius 2 is 2.54 bits per heavy atom. The molecule has 0 saturated heterocycles. The van der Waals surface area contributed by atoms with Gasteiger partial charge >= 0.3 is 0 Å². The first-order valence-corrected chi connectivity index (χ1v) is 4.47. The fourth-order valence-corrected chi connectivity index (χ4v) is 1.34. The Bertz CT molecular complexity index is 295. The number of nitrogens with two attached hydrogens (primary N) is 1. The highest BCUT2D eigenvalue weighted by Crippen LogP contribution is 2.15. The Balaban J connectivity index is 2.31. The molecule has 0 spiro atoms. The van der Waals surface area contributed by atoms with E-state index < -0.39 is 5.91 Å². The lowest BCUT2D eigenvalue weighted by Crippen LogP contribution is -2.23. The zero-order valence-corrected chi connectivity index (χ0v) is 7.76. The fourth-order valence-electron chi connectivity index (χ4n) is 0.695. The van der Waals surface area contributed by atoms with Crippen molar-refractivity contribution in [2.75, 3.05) is 6.61 Å². The van der Waals surface area contributed by atoms with Crippen molar-refractivity contribution in [1.82, 2.24) is 5.48 Å². The molecule has 1 rings (SSSR count). The molecule has 70 valence electrons. The van der Waals surface area contributed by atoms with Crippen molar-refractivity contribution >= 4 is 22.9 Å². The Labute approximate surface area is 80.0 Å². The van der Waals surface area contributed by atoms with E-state index >= 15 is 0 Å². The molecule has 1 heterocycles. The molecule has 0 saturated carbocycles. The van der Waals surface area contributed by atoms with Crippen molar-refractivity contribution in [3.63, 3.8) is 0 Å². The van der Waals surface area contributed by atoms with Crippen LogP contribution in [0.25, 0.3) is 5.70 Å². The van der Waals surface area contributed by atoms with Crippen molar-refractivity contribution in [3.05, 3.63) is 29.0 Å². The van der Waals surface area contributed by atoms with E-state index in [0.717, 1.165) is 4.88 Å². The van der Waals surface area contributed by atoms with Gasteiger partial charge in [0.05, 0.1) is 10.6 Å². The first-order chi connectivity index (χ1) is 6.20. The molecule has 5 heteroatoms. The van der Waals surface area contributed by atoms with Crippen molar-refractivity contribution < 1.29 is 9.63 Å². The van der Waals surface area contributed by atoms with E-state index in [4.69, 9.17) is 10.6 Å².